The fourth-order valence-electron chi connectivity index (χ4n) is 1.83. The fraction of sp³-hybridized carbons (Fsp3) is 0.800. The van der Waals surface area contributed by atoms with Gasteiger partial charge in [-0.1, -0.05) is 5.16 Å². The molecule has 0 saturated carbocycles. The largest absolute Gasteiger partial charge is 0.374 e. The number of hydrogen-bond acceptors (Lipinski definition) is 7. The van der Waals surface area contributed by atoms with Gasteiger partial charge in [-0.3, -0.25) is 0 Å². The van der Waals surface area contributed by atoms with Crippen LogP contribution in [-0.4, -0.2) is 49.8 Å². The predicted molar refractivity (Wildman–Crippen MR) is 63.9 cm³/mol. The van der Waals surface area contributed by atoms with Gasteiger partial charge in [0, 0.05) is 26.1 Å². The standard InChI is InChI=1S/C10H17N3O4S/c1-7(16-2)10-12-9(17-13-10)5-8-6-18(14,15)4-3-11-8/h7-8,11H,3-6H2,1-2H3. The summed E-state index contributed by atoms with van der Waals surface area (Å²) in [5.41, 5.74) is 0. The first kappa shape index (κ1) is 13.4. The van der Waals surface area contributed by atoms with E-state index in [0.717, 1.165) is 0 Å². The van der Waals surface area contributed by atoms with E-state index in [1.807, 2.05) is 6.92 Å². The lowest BCUT2D eigenvalue weighted by atomic mass is 10.2. The molecule has 1 aliphatic rings. The zero-order valence-electron chi connectivity index (χ0n) is 10.4. The van der Waals surface area contributed by atoms with Crippen molar-refractivity contribution in [1.29, 1.82) is 0 Å². The van der Waals surface area contributed by atoms with E-state index in [0.29, 0.717) is 24.7 Å². The molecular formula is C10H17N3O4S. The molecule has 0 aliphatic carbocycles. The van der Waals surface area contributed by atoms with Gasteiger partial charge in [-0.2, -0.15) is 4.98 Å². The van der Waals surface area contributed by atoms with Gasteiger partial charge < -0.3 is 14.6 Å². The van der Waals surface area contributed by atoms with Crippen LogP contribution in [0.3, 0.4) is 0 Å². The van der Waals surface area contributed by atoms with E-state index in [-0.39, 0.29) is 23.7 Å². The molecule has 0 aromatic carbocycles. The van der Waals surface area contributed by atoms with Gasteiger partial charge in [0.05, 0.1) is 11.5 Å². The molecule has 2 unspecified atom stereocenters. The topological polar surface area (TPSA) is 94.3 Å². The molecule has 1 N–H and O–H groups in total. The highest BCUT2D eigenvalue weighted by Gasteiger charge is 2.26. The van der Waals surface area contributed by atoms with Crippen LogP contribution in [0.25, 0.3) is 0 Å². The van der Waals surface area contributed by atoms with Crippen molar-refractivity contribution in [2.75, 3.05) is 25.2 Å². The van der Waals surface area contributed by atoms with Crippen molar-refractivity contribution in [2.45, 2.75) is 25.5 Å². The molecule has 7 nitrogen and oxygen atoms in total. The number of sulfone groups is 1. The number of ether oxygens (including phenoxy) is 1. The number of aromatic nitrogens is 2. The summed E-state index contributed by atoms with van der Waals surface area (Å²) in [6.45, 7) is 2.29. The first-order valence-electron chi connectivity index (χ1n) is 5.79. The van der Waals surface area contributed by atoms with Crippen molar-refractivity contribution in [3.8, 4) is 0 Å². The minimum Gasteiger partial charge on any atom is -0.374 e. The Labute approximate surface area is 106 Å². The highest BCUT2D eigenvalue weighted by molar-refractivity contribution is 7.91. The molecule has 1 aromatic rings. The third kappa shape index (κ3) is 3.27. The number of methoxy groups -OCH3 is 1. The first-order valence-corrected chi connectivity index (χ1v) is 7.61. The maximum absolute atomic E-state index is 11.5. The van der Waals surface area contributed by atoms with Gasteiger partial charge in [0.2, 0.25) is 5.89 Å². The highest BCUT2D eigenvalue weighted by Crippen LogP contribution is 2.13. The molecule has 102 valence electrons. The van der Waals surface area contributed by atoms with Gasteiger partial charge in [-0.05, 0) is 6.92 Å². The van der Waals surface area contributed by atoms with E-state index in [1.165, 1.54) is 0 Å². The average molecular weight is 275 g/mol. The van der Waals surface area contributed by atoms with E-state index in [9.17, 15) is 8.42 Å². The lowest BCUT2D eigenvalue weighted by molar-refractivity contribution is 0.109. The summed E-state index contributed by atoms with van der Waals surface area (Å²) in [5.74, 6) is 1.22. The van der Waals surface area contributed by atoms with Crippen LogP contribution in [0.5, 0.6) is 0 Å². The average Bonchev–Trinajstić information content (AvgIpc) is 2.75. The van der Waals surface area contributed by atoms with E-state index in [4.69, 9.17) is 9.26 Å². The molecule has 2 atom stereocenters. The number of hydrogen-bond donors (Lipinski definition) is 1. The van der Waals surface area contributed by atoms with Crippen molar-refractivity contribution < 1.29 is 17.7 Å². The lowest BCUT2D eigenvalue weighted by Crippen LogP contribution is -2.46. The van der Waals surface area contributed by atoms with Crippen molar-refractivity contribution in [3.63, 3.8) is 0 Å². The first-order chi connectivity index (χ1) is 8.50. The highest BCUT2D eigenvalue weighted by atomic mass is 32.2. The molecule has 1 fully saturated rings. The lowest BCUT2D eigenvalue weighted by Gasteiger charge is -2.21. The third-order valence-corrected chi connectivity index (χ3v) is 4.66. The summed E-state index contributed by atoms with van der Waals surface area (Å²) < 4.78 is 33.1. The Morgan fingerprint density at radius 1 is 1.61 bits per heavy atom. The van der Waals surface area contributed by atoms with E-state index in [2.05, 4.69) is 15.5 Å². The normalized spacial score (nSPS) is 24.9. The van der Waals surface area contributed by atoms with Gasteiger partial charge in [0.15, 0.2) is 15.7 Å². The molecule has 1 aliphatic heterocycles. The fourth-order valence-corrected chi connectivity index (χ4v) is 3.27. The number of nitrogens with one attached hydrogen (secondary N) is 1. The minimum absolute atomic E-state index is 0.116. The summed E-state index contributed by atoms with van der Waals surface area (Å²) in [5, 5.41) is 6.94. The van der Waals surface area contributed by atoms with Crippen molar-refractivity contribution in [3.05, 3.63) is 11.7 Å². The van der Waals surface area contributed by atoms with Crippen LogP contribution in [0.1, 0.15) is 24.7 Å². The van der Waals surface area contributed by atoms with Crippen molar-refractivity contribution in [2.24, 2.45) is 0 Å². The zero-order chi connectivity index (χ0) is 13.2. The molecule has 2 rings (SSSR count). The van der Waals surface area contributed by atoms with E-state index >= 15 is 0 Å². The maximum atomic E-state index is 11.5. The second-order valence-corrected chi connectivity index (χ2v) is 6.62. The van der Waals surface area contributed by atoms with Gasteiger partial charge in [-0.15, -0.1) is 0 Å². The van der Waals surface area contributed by atoms with Gasteiger partial charge in [0.25, 0.3) is 0 Å². The summed E-state index contributed by atoms with van der Waals surface area (Å²) in [6.07, 6.45) is 0.188. The Balaban J connectivity index is 1.99. The molecule has 2 heterocycles. The van der Waals surface area contributed by atoms with Crippen LogP contribution in [-0.2, 0) is 21.0 Å². The van der Waals surface area contributed by atoms with Crippen LogP contribution >= 0.6 is 0 Å². The van der Waals surface area contributed by atoms with Crippen molar-refractivity contribution in [1.82, 2.24) is 15.5 Å². The summed E-state index contributed by atoms with van der Waals surface area (Å²) in [7, 11) is -1.38. The molecule has 0 amide bonds. The smallest absolute Gasteiger partial charge is 0.228 e. The van der Waals surface area contributed by atoms with Crippen LogP contribution < -0.4 is 5.32 Å². The van der Waals surface area contributed by atoms with Gasteiger partial charge in [-0.25, -0.2) is 8.42 Å². The zero-order valence-corrected chi connectivity index (χ0v) is 11.2. The van der Waals surface area contributed by atoms with Crippen LogP contribution in [0.2, 0.25) is 0 Å². The minimum atomic E-state index is -2.94. The molecule has 8 heteroatoms. The quantitative estimate of drug-likeness (QED) is 0.806. The third-order valence-electron chi connectivity index (χ3n) is 2.92. The maximum Gasteiger partial charge on any atom is 0.228 e. The van der Waals surface area contributed by atoms with Gasteiger partial charge >= 0.3 is 0 Å². The number of nitrogens with zero attached hydrogens (tertiary/aromatic N) is 2. The Kier molecular flexibility index (Phi) is 3.98. The van der Waals surface area contributed by atoms with E-state index in [1.54, 1.807) is 7.11 Å². The second-order valence-electron chi connectivity index (χ2n) is 4.39. The Bertz CT molecular complexity index is 499. The Morgan fingerprint density at radius 2 is 2.39 bits per heavy atom. The van der Waals surface area contributed by atoms with Crippen LogP contribution in [0.4, 0.5) is 0 Å². The predicted octanol–water partition coefficient (Wildman–Crippen LogP) is -0.294. The molecule has 0 bridgehead atoms. The molecule has 18 heavy (non-hydrogen) atoms. The Hall–Kier alpha value is -0.990. The summed E-state index contributed by atoms with van der Waals surface area (Å²) in [6, 6.07) is -0.157. The van der Waals surface area contributed by atoms with Crippen LogP contribution in [0.15, 0.2) is 4.52 Å². The molecular weight excluding hydrogens is 258 g/mol. The molecule has 0 radical (unpaired) electrons. The van der Waals surface area contributed by atoms with Crippen molar-refractivity contribution >= 4 is 9.84 Å². The monoisotopic (exact) mass is 275 g/mol. The molecule has 1 aromatic heterocycles. The van der Waals surface area contributed by atoms with Gasteiger partial charge in [0.1, 0.15) is 6.10 Å². The van der Waals surface area contributed by atoms with Crippen LogP contribution in [0, 0.1) is 0 Å². The molecule has 0 spiro atoms. The number of rotatable bonds is 4. The van der Waals surface area contributed by atoms with E-state index < -0.39 is 9.84 Å². The summed E-state index contributed by atoms with van der Waals surface area (Å²) in [4.78, 5) is 4.19. The summed E-state index contributed by atoms with van der Waals surface area (Å²) >= 11 is 0. The SMILES string of the molecule is COC(C)c1noc(CC2CS(=O)(=O)CCN2)n1. The Morgan fingerprint density at radius 3 is 3.06 bits per heavy atom. The molecule has 1 saturated heterocycles. The second kappa shape index (κ2) is 5.33.